The second-order valence-corrected chi connectivity index (χ2v) is 5.07. The molecule has 20 heavy (non-hydrogen) atoms. The van der Waals surface area contributed by atoms with Crippen LogP contribution in [0.25, 0.3) is 0 Å². The van der Waals surface area contributed by atoms with Crippen LogP contribution in [-0.2, 0) is 6.54 Å². The Bertz CT molecular complexity index is 631. The Hall–Kier alpha value is -2.14. The lowest BCUT2D eigenvalue weighted by atomic mass is 10.2. The number of hydrogen-bond donors (Lipinski definition) is 2. The van der Waals surface area contributed by atoms with Crippen molar-refractivity contribution in [1.29, 1.82) is 0 Å². The van der Waals surface area contributed by atoms with Gasteiger partial charge < -0.3 is 15.6 Å². The summed E-state index contributed by atoms with van der Waals surface area (Å²) >= 11 is 0. The van der Waals surface area contributed by atoms with Crippen LogP contribution >= 0.6 is 0 Å². The number of benzene rings is 1. The van der Waals surface area contributed by atoms with Gasteiger partial charge in [-0.1, -0.05) is 26.0 Å². The number of anilines is 2. The van der Waals surface area contributed by atoms with Crippen molar-refractivity contribution in [2.24, 2.45) is 5.73 Å². The van der Waals surface area contributed by atoms with Crippen molar-refractivity contribution in [3.63, 3.8) is 0 Å². The zero-order valence-electron chi connectivity index (χ0n) is 12.1. The van der Waals surface area contributed by atoms with Crippen LogP contribution in [-0.4, -0.2) is 17.0 Å². The van der Waals surface area contributed by atoms with E-state index in [1.165, 1.54) is 6.07 Å². The minimum Gasteiger partial charge on any atom is -0.329 e. The molecule has 0 atom stereocenters. The summed E-state index contributed by atoms with van der Waals surface area (Å²) in [4.78, 5) is 20.9. The molecular weight excluding hydrogens is 252 g/mol. The van der Waals surface area contributed by atoms with E-state index in [0.717, 1.165) is 11.3 Å². The number of aromatic nitrogens is 2. The molecule has 0 amide bonds. The van der Waals surface area contributed by atoms with Crippen molar-refractivity contribution >= 4 is 11.5 Å². The summed E-state index contributed by atoms with van der Waals surface area (Å²) < 4.78 is 0. The molecule has 5 heteroatoms. The molecule has 0 aliphatic carbocycles. The SMILES string of the molecule is CC(C)c1nc(N(C)c2ccc(CN)cc2)cc(=O)[nH]1. The Morgan fingerprint density at radius 1 is 1.30 bits per heavy atom. The summed E-state index contributed by atoms with van der Waals surface area (Å²) in [7, 11) is 1.89. The number of hydrogen-bond acceptors (Lipinski definition) is 4. The quantitative estimate of drug-likeness (QED) is 0.894. The number of nitrogens with zero attached hydrogens (tertiary/aromatic N) is 2. The summed E-state index contributed by atoms with van der Waals surface area (Å²) in [5.74, 6) is 1.51. The predicted octanol–water partition coefficient (Wildman–Crippen LogP) is 2.12. The Balaban J connectivity index is 2.36. The molecule has 0 fully saturated rings. The first kappa shape index (κ1) is 14.3. The minimum absolute atomic E-state index is 0.135. The molecule has 0 saturated heterocycles. The lowest BCUT2D eigenvalue weighted by molar-refractivity contribution is 0.764. The van der Waals surface area contributed by atoms with Crippen molar-refractivity contribution < 1.29 is 0 Å². The molecule has 1 heterocycles. The van der Waals surface area contributed by atoms with Crippen LogP contribution in [0.5, 0.6) is 0 Å². The van der Waals surface area contributed by atoms with E-state index in [4.69, 9.17) is 5.73 Å². The van der Waals surface area contributed by atoms with Gasteiger partial charge in [0.1, 0.15) is 11.6 Å². The normalized spacial score (nSPS) is 10.8. The van der Waals surface area contributed by atoms with Gasteiger partial charge in [0.15, 0.2) is 0 Å². The van der Waals surface area contributed by atoms with E-state index in [0.29, 0.717) is 18.2 Å². The fraction of sp³-hybridized carbons (Fsp3) is 0.333. The maximum absolute atomic E-state index is 11.7. The monoisotopic (exact) mass is 272 g/mol. The van der Waals surface area contributed by atoms with Crippen molar-refractivity contribution in [3.8, 4) is 0 Å². The molecule has 2 rings (SSSR count). The van der Waals surface area contributed by atoms with E-state index >= 15 is 0 Å². The highest BCUT2D eigenvalue weighted by atomic mass is 16.1. The van der Waals surface area contributed by atoms with E-state index in [1.807, 2.05) is 50.1 Å². The molecule has 0 radical (unpaired) electrons. The predicted molar refractivity (Wildman–Crippen MR) is 81.3 cm³/mol. The molecule has 0 spiro atoms. The van der Waals surface area contributed by atoms with Crippen LogP contribution in [0.3, 0.4) is 0 Å². The van der Waals surface area contributed by atoms with Gasteiger partial charge >= 0.3 is 0 Å². The van der Waals surface area contributed by atoms with Crippen LogP contribution in [0.15, 0.2) is 35.1 Å². The first-order valence-corrected chi connectivity index (χ1v) is 6.65. The van der Waals surface area contributed by atoms with Crippen LogP contribution in [0, 0.1) is 0 Å². The van der Waals surface area contributed by atoms with E-state index in [1.54, 1.807) is 0 Å². The van der Waals surface area contributed by atoms with Gasteiger partial charge in [0.25, 0.3) is 5.56 Å². The number of rotatable bonds is 4. The lowest BCUT2D eigenvalue weighted by Crippen LogP contribution is -2.19. The number of H-pyrrole nitrogens is 1. The van der Waals surface area contributed by atoms with Crippen LogP contribution in [0.4, 0.5) is 11.5 Å². The van der Waals surface area contributed by atoms with Crippen molar-refractivity contribution in [3.05, 3.63) is 52.1 Å². The second-order valence-electron chi connectivity index (χ2n) is 5.07. The highest BCUT2D eigenvalue weighted by Crippen LogP contribution is 2.22. The standard InChI is InChI=1S/C15H20N4O/c1-10(2)15-17-13(8-14(20)18-15)19(3)12-6-4-11(9-16)5-7-12/h4-8,10H,9,16H2,1-3H3,(H,17,18,20). The molecule has 1 aromatic carbocycles. The molecule has 0 unspecified atom stereocenters. The van der Waals surface area contributed by atoms with Gasteiger partial charge in [-0.2, -0.15) is 0 Å². The van der Waals surface area contributed by atoms with Gasteiger partial charge in [-0.25, -0.2) is 4.98 Å². The summed E-state index contributed by atoms with van der Waals surface area (Å²) in [6.07, 6.45) is 0. The van der Waals surface area contributed by atoms with Crippen LogP contribution in [0.2, 0.25) is 0 Å². The second kappa shape index (κ2) is 5.88. The van der Waals surface area contributed by atoms with Gasteiger partial charge in [-0.05, 0) is 17.7 Å². The van der Waals surface area contributed by atoms with Crippen LogP contribution in [0.1, 0.15) is 31.2 Å². The maximum Gasteiger partial charge on any atom is 0.253 e. The fourth-order valence-electron chi connectivity index (χ4n) is 1.90. The molecule has 0 aliphatic heterocycles. The van der Waals surface area contributed by atoms with Crippen molar-refractivity contribution in [1.82, 2.24) is 9.97 Å². The summed E-state index contributed by atoms with van der Waals surface area (Å²) in [5, 5.41) is 0. The molecule has 0 aliphatic rings. The van der Waals surface area contributed by atoms with E-state index in [9.17, 15) is 4.79 Å². The smallest absolute Gasteiger partial charge is 0.253 e. The Kier molecular flexibility index (Phi) is 4.20. The topological polar surface area (TPSA) is 75.0 Å². The number of nitrogens with one attached hydrogen (secondary N) is 1. The fourth-order valence-corrected chi connectivity index (χ4v) is 1.90. The van der Waals surface area contributed by atoms with Crippen molar-refractivity contribution in [2.45, 2.75) is 26.3 Å². The largest absolute Gasteiger partial charge is 0.329 e. The molecule has 5 nitrogen and oxygen atoms in total. The Labute approximate surface area is 118 Å². The maximum atomic E-state index is 11.7. The third-order valence-electron chi connectivity index (χ3n) is 3.20. The zero-order valence-corrected chi connectivity index (χ0v) is 12.1. The molecule has 0 saturated carbocycles. The Morgan fingerprint density at radius 3 is 2.50 bits per heavy atom. The average molecular weight is 272 g/mol. The molecule has 0 bridgehead atoms. The van der Waals surface area contributed by atoms with Gasteiger partial charge in [0.2, 0.25) is 0 Å². The number of aromatic amines is 1. The minimum atomic E-state index is -0.135. The molecule has 2 aromatic rings. The van der Waals surface area contributed by atoms with E-state index < -0.39 is 0 Å². The molecule has 1 aromatic heterocycles. The summed E-state index contributed by atoms with van der Waals surface area (Å²) in [6, 6.07) is 9.40. The molecule has 3 N–H and O–H groups in total. The van der Waals surface area contributed by atoms with Crippen LogP contribution < -0.4 is 16.2 Å². The number of nitrogens with two attached hydrogens (primary N) is 1. The summed E-state index contributed by atoms with van der Waals surface area (Å²) in [5.41, 5.74) is 7.49. The molecule has 106 valence electrons. The van der Waals surface area contributed by atoms with E-state index in [-0.39, 0.29) is 11.5 Å². The van der Waals surface area contributed by atoms with E-state index in [2.05, 4.69) is 9.97 Å². The Morgan fingerprint density at radius 2 is 1.95 bits per heavy atom. The third kappa shape index (κ3) is 3.05. The molecular formula is C15H20N4O. The van der Waals surface area contributed by atoms with Gasteiger partial charge in [-0.3, -0.25) is 4.79 Å². The first-order valence-electron chi connectivity index (χ1n) is 6.65. The average Bonchev–Trinajstić information content (AvgIpc) is 2.46. The highest BCUT2D eigenvalue weighted by molar-refractivity contribution is 5.59. The lowest BCUT2D eigenvalue weighted by Gasteiger charge is -2.19. The first-order chi connectivity index (χ1) is 9.51. The third-order valence-corrected chi connectivity index (χ3v) is 3.20. The summed E-state index contributed by atoms with van der Waals surface area (Å²) in [6.45, 7) is 4.51. The van der Waals surface area contributed by atoms with Crippen molar-refractivity contribution in [2.75, 3.05) is 11.9 Å². The van der Waals surface area contributed by atoms with Gasteiger partial charge in [0, 0.05) is 31.3 Å². The zero-order chi connectivity index (χ0) is 14.7. The van der Waals surface area contributed by atoms with Gasteiger partial charge in [-0.15, -0.1) is 0 Å². The highest BCUT2D eigenvalue weighted by Gasteiger charge is 2.10. The van der Waals surface area contributed by atoms with Gasteiger partial charge in [0.05, 0.1) is 0 Å².